The third-order valence-electron chi connectivity index (χ3n) is 3.46. The van der Waals surface area contributed by atoms with Crippen LogP contribution in [0.3, 0.4) is 0 Å². The van der Waals surface area contributed by atoms with Crippen molar-refractivity contribution >= 4 is 23.2 Å². The minimum Gasteiger partial charge on any atom is -0.508 e. The first-order valence-electron chi connectivity index (χ1n) is 7.89. The average Bonchev–Trinajstić information content (AvgIpc) is 2.59. The molecular formula is C18H16F3N3O4. The topological polar surface area (TPSA) is 111 Å². The summed E-state index contributed by atoms with van der Waals surface area (Å²) in [5.74, 6) is -2.06. The Hall–Kier alpha value is -3.56. The van der Waals surface area contributed by atoms with E-state index in [4.69, 9.17) is 0 Å². The molecule has 0 saturated carbocycles. The predicted molar refractivity (Wildman–Crippen MR) is 95.0 cm³/mol. The van der Waals surface area contributed by atoms with Crippen LogP contribution in [0.15, 0.2) is 47.6 Å². The molecule has 4 N–H and O–H groups in total. The second kappa shape index (κ2) is 8.42. The molecule has 0 unspecified atom stereocenters. The first-order valence-corrected chi connectivity index (χ1v) is 7.89. The number of nitrogens with one attached hydrogen (secondary N) is 2. The van der Waals surface area contributed by atoms with Gasteiger partial charge in [0, 0.05) is 17.5 Å². The number of amides is 2. The van der Waals surface area contributed by atoms with Gasteiger partial charge < -0.3 is 15.5 Å². The number of phenolic OH excluding ortho intramolecular Hbond substituents is 2. The highest BCUT2D eigenvalue weighted by molar-refractivity contribution is 6.06. The molecule has 0 saturated heterocycles. The first-order chi connectivity index (χ1) is 13.1. The summed E-state index contributed by atoms with van der Waals surface area (Å²) in [6.45, 7) is 1.43. The van der Waals surface area contributed by atoms with Crippen molar-refractivity contribution in [2.75, 3.05) is 5.32 Å². The normalized spacial score (nSPS) is 11.8. The van der Waals surface area contributed by atoms with E-state index in [1.54, 1.807) is 0 Å². The Bertz CT molecular complexity index is 927. The van der Waals surface area contributed by atoms with Gasteiger partial charge >= 0.3 is 6.18 Å². The Morgan fingerprint density at radius 3 is 2.46 bits per heavy atom. The van der Waals surface area contributed by atoms with E-state index in [-0.39, 0.29) is 29.1 Å². The van der Waals surface area contributed by atoms with Crippen LogP contribution in [-0.4, -0.2) is 27.7 Å². The van der Waals surface area contributed by atoms with Gasteiger partial charge in [0.05, 0.1) is 17.5 Å². The zero-order valence-corrected chi connectivity index (χ0v) is 14.5. The molecule has 0 aliphatic carbocycles. The summed E-state index contributed by atoms with van der Waals surface area (Å²) in [4.78, 5) is 23.9. The number of alkyl halides is 3. The lowest BCUT2D eigenvalue weighted by atomic mass is 10.2. The van der Waals surface area contributed by atoms with E-state index < -0.39 is 29.3 Å². The number of hydrogen-bond donors (Lipinski definition) is 4. The van der Waals surface area contributed by atoms with E-state index in [0.717, 1.165) is 18.2 Å². The second-order valence-corrected chi connectivity index (χ2v) is 5.79. The molecule has 0 radical (unpaired) electrons. The average molecular weight is 395 g/mol. The van der Waals surface area contributed by atoms with Crippen LogP contribution in [0.4, 0.5) is 18.9 Å². The van der Waals surface area contributed by atoms with E-state index in [9.17, 15) is 33.0 Å². The number of aromatic hydroxyl groups is 2. The molecule has 0 bridgehead atoms. The van der Waals surface area contributed by atoms with Crippen molar-refractivity contribution in [2.24, 2.45) is 5.10 Å². The van der Waals surface area contributed by atoms with Crippen LogP contribution in [-0.2, 0) is 11.0 Å². The molecule has 0 heterocycles. The largest absolute Gasteiger partial charge is 0.508 e. The van der Waals surface area contributed by atoms with Crippen molar-refractivity contribution in [1.29, 1.82) is 0 Å². The Morgan fingerprint density at radius 2 is 1.82 bits per heavy atom. The molecule has 0 aliphatic rings. The summed E-state index contributed by atoms with van der Waals surface area (Å²) in [7, 11) is 0. The summed E-state index contributed by atoms with van der Waals surface area (Å²) < 4.78 is 38.0. The molecule has 2 rings (SSSR count). The summed E-state index contributed by atoms with van der Waals surface area (Å²) >= 11 is 0. The highest BCUT2D eigenvalue weighted by atomic mass is 19.4. The van der Waals surface area contributed by atoms with Gasteiger partial charge in [-0.1, -0.05) is 6.07 Å². The number of phenols is 2. The molecule has 0 aromatic heterocycles. The quantitative estimate of drug-likeness (QED) is 0.460. The van der Waals surface area contributed by atoms with Crippen LogP contribution in [0.1, 0.15) is 29.3 Å². The van der Waals surface area contributed by atoms with Crippen molar-refractivity contribution in [1.82, 2.24) is 5.43 Å². The van der Waals surface area contributed by atoms with E-state index >= 15 is 0 Å². The van der Waals surface area contributed by atoms with E-state index in [1.165, 1.54) is 31.2 Å². The number of hydrogen-bond acceptors (Lipinski definition) is 5. The first kappa shape index (κ1) is 20.7. The van der Waals surface area contributed by atoms with Crippen molar-refractivity contribution < 1.29 is 33.0 Å². The van der Waals surface area contributed by atoms with Gasteiger partial charge in [-0.2, -0.15) is 18.3 Å². The number of carbonyl (C=O) groups excluding carboxylic acids is 2. The van der Waals surface area contributed by atoms with Crippen molar-refractivity contribution in [3.63, 3.8) is 0 Å². The number of rotatable bonds is 5. The zero-order chi connectivity index (χ0) is 20.9. The smallest absolute Gasteiger partial charge is 0.416 e. The van der Waals surface area contributed by atoms with Gasteiger partial charge in [-0.3, -0.25) is 9.59 Å². The van der Waals surface area contributed by atoms with Crippen LogP contribution in [0, 0.1) is 0 Å². The van der Waals surface area contributed by atoms with Gasteiger partial charge in [0.2, 0.25) is 5.91 Å². The fourth-order valence-corrected chi connectivity index (χ4v) is 2.17. The SMILES string of the molecule is C/C(CC(=O)Nc1cccc(C(F)(F)F)c1)=N/NC(=O)c1ccc(O)cc1O. The molecule has 2 amide bonds. The number of nitrogens with zero attached hydrogens (tertiary/aromatic N) is 1. The number of halogens is 3. The van der Waals surface area contributed by atoms with Crippen LogP contribution >= 0.6 is 0 Å². The molecule has 10 heteroatoms. The van der Waals surface area contributed by atoms with Gasteiger partial charge in [-0.05, 0) is 37.3 Å². The van der Waals surface area contributed by atoms with Gasteiger partial charge in [0.15, 0.2) is 0 Å². The van der Waals surface area contributed by atoms with Crippen molar-refractivity contribution in [2.45, 2.75) is 19.5 Å². The molecule has 2 aromatic carbocycles. The standard InChI is InChI=1S/C18H16F3N3O4/c1-10(23-24-17(28)14-6-5-13(25)9-15(14)26)7-16(27)22-12-4-2-3-11(8-12)18(19,20)21/h2-6,8-9,25-26H,7H2,1H3,(H,22,27)(H,24,28)/b23-10-. The molecule has 0 fully saturated rings. The number of benzene rings is 2. The molecule has 148 valence electrons. The Kier molecular flexibility index (Phi) is 6.24. The summed E-state index contributed by atoms with van der Waals surface area (Å²) in [6, 6.07) is 7.54. The van der Waals surface area contributed by atoms with Crippen LogP contribution in [0.2, 0.25) is 0 Å². The number of carbonyl (C=O) groups is 2. The number of hydrazone groups is 1. The molecule has 0 aliphatic heterocycles. The minimum absolute atomic E-state index is 0.0225. The fraction of sp³-hybridized carbons (Fsp3) is 0.167. The third-order valence-corrected chi connectivity index (χ3v) is 3.46. The van der Waals surface area contributed by atoms with Gasteiger partial charge in [0.1, 0.15) is 11.5 Å². The highest BCUT2D eigenvalue weighted by Crippen LogP contribution is 2.30. The van der Waals surface area contributed by atoms with E-state index in [1.807, 2.05) is 0 Å². The maximum Gasteiger partial charge on any atom is 0.416 e. The maximum atomic E-state index is 12.7. The Labute approximate surface area is 157 Å². The number of anilines is 1. The molecule has 0 atom stereocenters. The Balaban J connectivity index is 1.95. The van der Waals surface area contributed by atoms with Gasteiger partial charge in [-0.25, -0.2) is 5.43 Å². The van der Waals surface area contributed by atoms with Crippen LogP contribution in [0.5, 0.6) is 11.5 Å². The zero-order valence-electron chi connectivity index (χ0n) is 14.5. The lowest BCUT2D eigenvalue weighted by Crippen LogP contribution is -2.21. The second-order valence-electron chi connectivity index (χ2n) is 5.79. The van der Waals surface area contributed by atoms with E-state index in [0.29, 0.717) is 0 Å². The summed E-state index contributed by atoms with van der Waals surface area (Å²) in [5.41, 5.74) is 1.26. The highest BCUT2D eigenvalue weighted by Gasteiger charge is 2.30. The molecule has 28 heavy (non-hydrogen) atoms. The lowest BCUT2D eigenvalue weighted by Gasteiger charge is -2.10. The Morgan fingerprint density at radius 1 is 1.11 bits per heavy atom. The molecular weight excluding hydrogens is 379 g/mol. The van der Waals surface area contributed by atoms with Crippen molar-refractivity contribution in [3.8, 4) is 11.5 Å². The monoisotopic (exact) mass is 395 g/mol. The van der Waals surface area contributed by atoms with E-state index in [2.05, 4.69) is 15.8 Å². The van der Waals surface area contributed by atoms with Crippen molar-refractivity contribution in [3.05, 3.63) is 53.6 Å². The summed E-state index contributed by atoms with van der Waals surface area (Å²) in [5, 5.41) is 24.8. The maximum absolute atomic E-state index is 12.7. The van der Waals surface area contributed by atoms with Gasteiger partial charge in [0.25, 0.3) is 5.91 Å². The summed E-state index contributed by atoms with van der Waals surface area (Å²) in [6.07, 6.45) is -4.81. The predicted octanol–water partition coefficient (Wildman–Crippen LogP) is 3.25. The van der Waals surface area contributed by atoms with Crippen LogP contribution in [0.25, 0.3) is 0 Å². The lowest BCUT2D eigenvalue weighted by molar-refractivity contribution is -0.137. The van der Waals surface area contributed by atoms with Gasteiger partial charge in [-0.15, -0.1) is 0 Å². The fourth-order valence-electron chi connectivity index (χ4n) is 2.17. The minimum atomic E-state index is -4.53. The molecule has 2 aromatic rings. The third kappa shape index (κ3) is 5.73. The van der Waals surface area contributed by atoms with Crippen LogP contribution < -0.4 is 10.7 Å². The molecule has 0 spiro atoms. The molecule has 7 nitrogen and oxygen atoms in total.